The molecule has 0 bridgehead atoms. The van der Waals surface area contributed by atoms with Crippen LogP contribution >= 0.6 is 0 Å². The summed E-state index contributed by atoms with van der Waals surface area (Å²) in [6.45, 7) is 6.90. The minimum atomic E-state index is 0.699. The molecular weight excluding hydrogens is 144 g/mol. The Kier molecular flexibility index (Phi) is 1.71. The van der Waals surface area contributed by atoms with Gasteiger partial charge in [0.1, 0.15) is 0 Å². The van der Waals surface area contributed by atoms with E-state index in [4.69, 9.17) is 0 Å². The van der Waals surface area contributed by atoms with E-state index in [0.717, 1.165) is 11.8 Å². The first kappa shape index (κ1) is 7.85. The lowest BCUT2D eigenvalue weighted by Crippen LogP contribution is -2.13. The molecule has 0 fully saturated rings. The van der Waals surface area contributed by atoms with E-state index in [1.54, 1.807) is 11.1 Å². The second-order valence-electron chi connectivity index (χ2n) is 4.03. The first-order chi connectivity index (χ1) is 5.72. The lowest BCUT2D eigenvalue weighted by molar-refractivity contribution is 0.463. The van der Waals surface area contributed by atoms with Crippen LogP contribution in [0.4, 0.5) is 0 Å². The van der Waals surface area contributed by atoms with Gasteiger partial charge in [-0.3, -0.25) is 0 Å². The van der Waals surface area contributed by atoms with E-state index in [1.165, 1.54) is 0 Å². The van der Waals surface area contributed by atoms with Crippen molar-refractivity contribution in [2.75, 3.05) is 0 Å². The molecule has 3 unspecified atom stereocenters. The van der Waals surface area contributed by atoms with Gasteiger partial charge in [-0.25, -0.2) is 0 Å². The van der Waals surface area contributed by atoms with Crippen LogP contribution in [0, 0.1) is 17.8 Å². The molecule has 0 aromatic rings. The Labute approximate surface area is 74.7 Å². The van der Waals surface area contributed by atoms with Crippen molar-refractivity contribution in [3.63, 3.8) is 0 Å². The highest BCUT2D eigenvalue weighted by Crippen LogP contribution is 2.43. The Bertz CT molecular complexity index is 278. The van der Waals surface area contributed by atoms with Gasteiger partial charge in [-0.2, -0.15) is 0 Å². The molecule has 2 aliphatic rings. The lowest BCUT2D eigenvalue weighted by Gasteiger charge is -2.20. The maximum atomic E-state index is 2.36. The molecule has 0 aliphatic heterocycles. The van der Waals surface area contributed by atoms with E-state index in [9.17, 15) is 0 Å². The van der Waals surface area contributed by atoms with E-state index in [2.05, 4.69) is 45.1 Å². The minimum absolute atomic E-state index is 0.699. The van der Waals surface area contributed by atoms with Crippen LogP contribution in [-0.4, -0.2) is 0 Å². The molecule has 0 radical (unpaired) electrons. The van der Waals surface area contributed by atoms with Gasteiger partial charge >= 0.3 is 0 Å². The van der Waals surface area contributed by atoms with Crippen LogP contribution < -0.4 is 0 Å². The Hall–Kier alpha value is -0.780. The zero-order chi connectivity index (χ0) is 8.72. The van der Waals surface area contributed by atoms with Crippen LogP contribution in [-0.2, 0) is 0 Å². The standard InChI is InChI=1S/C12H16/c1-8-9(2)11-6-4-5-7-12(11)10(8)3/h4-7,9,11-12H,1-3H3. The van der Waals surface area contributed by atoms with Gasteiger partial charge in [-0.05, 0) is 25.7 Å². The molecule has 0 spiro atoms. The highest BCUT2D eigenvalue weighted by molar-refractivity contribution is 5.34. The van der Waals surface area contributed by atoms with Crippen LogP contribution in [0.3, 0.4) is 0 Å². The fraction of sp³-hybridized carbons (Fsp3) is 0.500. The Morgan fingerprint density at radius 2 is 1.67 bits per heavy atom. The molecule has 0 aromatic carbocycles. The Balaban J connectivity index is 2.38. The van der Waals surface area contributed by atoms with E-state index in [0.29, 0.717) is 5.92 Å². The normalized spacial score (nSPS) is 39.1. The van der Waals surface area contributed by atoms with Crippen molar-refractivity contribution in [1.29, 1.82) is 0 Å². The smallest absolute Gasteiger partial charge is 0.00484 e. The molecule has 64 valence electrons. The summed E-state index contributed by atoms with van der Waals surface area (Å²) in [6.07, 6.45) is 9.06. The summed E-state index contributed by atoms with van der Waals surface area (Å²) in [5.41, 5.74) is 3.19. The summed E-state index contributed by atoms with van der Waals surface area (Å²) in [6, 6.07) is 0. The van der Waals surface area contributed by atoms with Crippen molar-refractivity contribution >= 4 is 0 Å². The maximum Gasteiger partial charge on any atom is 0.00484 e. The Morgan fingerprint density at radius 3 is 2.33 bits per heavy atom. The Morgan fingerprint density at radius 1 is 1.00 bits per heavy atom. The van der Waals surface area contributed by atoms with Crippen LogP contribution in [0.5, 0.6) is 0 Å². The van der Waals surface area contributed by atoms with Gasteiger partial charge in [0.2, 0.25) is 0 Å². The molecule has 2 aliphatic carbocycles. The summed E-state index contributed by atoms with van der Waals surface area (Å²) in [4.78, 5) is 0. The van der Waals surface area contributed by atoms with E-state index in [1.807, 2.05) is 0 Å². The molecule has 0 saturated carbocycles. The molecule has 0 nitrogen and oxygen atoms in total. The monoisotopic (exact) mass is 160 g/mol. The largest absolute Gasteiger partial charge is 0.0799 e. The zero-order valence-corrected chi connectivity index (χ0v) is 8.04. The molecule has 0 amide bonds. The predicted octanol–water partition coefficient (Wildman–Crippen LogP) is 3.33. The first-order valence-corrected chi connectivity index (χ1v) is 4.74. The molecule has 3 atom stereocenters. The minimum Gasteiger partial charge on any atom is -0.0799 e. The van der Waals surface area contributed by atoms with Crippen molar-refractivity contribution < 1.29 is 0 Å². The van der Waals surface area contributed by atoms with Gasteiger partial charge < -0.3 is 0 Å². The second-order valence-corrected chi connectivity index (χ2v) is 4.03. The van der Waals surface area contributed by atoms with Crippen molar-refractivity contribution in [2.24, 2.45) is 17.8 Å². The fourth-order valence-corrected chi connectivity index (χ4v) is 2.45. The van der Waals surface area contributed by atoms with Crippen LogP contribution in [0.1, 0.15) is 20.8 Å². The summed E-state index contributed by atoms with van der Waals surface area (Å²) in [7, 11) is 0. The number of hydrogen-bond acceptors (Lipinski definition) is 0. The molecule has 2 rings (SSSR count). The van der Waals surface area contributed by atoms with Crippen LogP contribution in [0.15, 0.2) is 35.5 Å². The average molecular weight is 160 g/mol. The fourth-order valence-electron chi connectivity index (χ4n) is 2.45. The van der Waals surface area contributed by atoms with Crippen molar-refractivity contribution in [3.05, 3.63) is 35.5 Å². The molecule has 0 N–H and O–H groups in total. The number of fused-ring (bicyclic) bond motifs is 1. The molecule has 0 heterocycles. The molecule has 0 saturated heterocycles. The third-order valence-corrected chi connectivity index (χ3v) is 3.56. The lowest BCUT2D eigenvalue weighted by atomic mass is 9.84. The highest BCUT2D eigenvalue weighted by Gasteiger charge is 2.33. The molecule has 0 aromatic heterocycles. The van der Waals surface area contributed by atoms with E-state index >= 15 is 0 Å². The summed E-state index contributed by atoms with van der Waals surface area (Å²) in [5, 5.41) is 0. The SMILES string of the molecule is CC1=C(C)C2C=CC=CC2C1C. The zero-order valence-electron chi connectivity index (χ0n) is 8.04. The van der Waals surface area contributed by atoms with E-state index in [-0.39, 0.29) is 0 Å². The number of allylic oxidation sites excluding steroid dienone is 6. The summed E-state index contributed by atoms with van der Waals surface area (Å²) in [5.74, 6) is 2.19. The highest BCUT2D eigenvalue weighted by atomic mass is 14.4. The van der Waals surface area contributed by atoms with Gasteiger partial charge in [0.15, 0.2) is 0 Å². The number of hydrogen-bond donors (Lipinski definition) is 0. The van der Waals surface area contributed by atoms with Gasteiger partial charge in [0, 0.05) is 5.92 Å². The van der Waals surface area contributed by atoms with Crippen LogP contribution in [0.2, 0.25) is 0 Å². The predicted molar refractivity (Wildman–Crippen MR) is 52.8 cm³/mol. The third kappa shape index (κ3) is 0.906. The third-order valence-electron chi connectivity index (χ3n) is 3.56. The van der Waals surface area contributed by atoms with Gasteiger partial charge in [0.05, 0.1) is 0 Å². The van der Waals surface area contributed by atoms with Crippen molar-refractivity contribution in [1.82, 2.24) is 0 Å². The second kappa shape index (κ2) is 2.62. The summed E-state index contributed by atoms with van der Waals surface area (Å²) < 4.78 is 0. The summed E-state index contributed by atoms with van der Waals surface area (Å²) >= 11 is 0. The first-order valence-electron chi connectivity index (χ1n) is 4.74. The maximum absolute atomic E-state index is 2.36. The van der Waals surface area contributed by atoms with E-state index < -0.39 is 0 Å². The van der Waals surface area contributed by atoms with Gasteiger partial charge in [-0.1, -0.05) is 42.4 Å². The van der Waals surface area contributed by atoms with Crippen molar-refractivity contribution in [2.45, 2.75) is 20.8 Å². The van der Waals surface area contributed by atoms with Gasteiger partial charge in [0.25, 0.3) is 0 Å². The molecular formula is C12H16. The van der Waals surface area contributed by atoms with Crippen molar-refractivity contribution in [3.8, 4) is 0 Å². The van der Waals surface area contributed by atoms with Crippen LogP contribution in [0.25, 0.3) is 0 Å². The molecule has 0 heteroatoms. The average Bonchev–Trinajstić information content (AvgIpc) is 2.33. The topological polar surface area (TPSA) is 0 Å². The number of rotatable bonds is 0. The quantitative estimate of drug-likeness (QED) is 0.477. The molecule has 12 heavy (non-hydrogen) atoms. The van der Waals surface area contributed by atoms with Gasteiger partial charge in [-0.15, -0.1) is 0 Å².